The number of fused-ring (bicyclic) bond motifs is 1. The van der Waals surface area contributed by atoms with E-state index in [-0.39, 0.29) is 10.8 Å². The average Bonchev–Trinajstić information content (AvgIpc) is 2.28. The molecular weight excluding hydrogens is 242 g/mol. The lowest BCUT2D eigenvalue weighted by Crippen LogP contribution is -2.44. The molecule has 92 valence electrons. The zero-order chi connectivity index (χ0) is 12.0. The van der Waals surface area contributed by atoms with Crippen LogP contribution in [0.2, 0.25) is 5.02 Å². The molecule has 0 saturated heterocycles. The van der Waals surface area contributed by atoms with Gasteiger partial charge in [-0.25, -0.2) is 0 Å². The summed E-state index contributed by atoms with van der Waals surface area (Å²) >= 11 is 6.00. The third-order valence-corrected chi connectivity index (χ3v) is 3.79. The first-order chi connectivity index (χ1) is 8.12. The number of phenolic OH excluding ortho intramolecular Hbond substituents is 1. The van der Waals surface area contributed by atoms with Crippen LogP contribution in [-0.4, -0.2) is 18.3 Å². The lowest BCUT2D eigenvalue weighted by Gasteiger charge is -2.40. The van der Waals surface area contributed by atoms with Crippen molar-refractivity contribution in [3.63, 3.8) is 0 Å². The van der Waals surface area contributed by atoms with E-state index in [2.05, 4.69) is 0 Å². The van der Waals surface area contributed by atoms with Crippen LogP contribution in [0.25, 0.3) is 0 Å². The Kier molecular flexibility index (Phi) is 2.38. The van der Waals surface area contributed by atoms with Crippen molar-refractivity contribution in [2.24, 2.45) is 5.73 Å². The van der Waals surface area contributed by atoms with Crippen molar-refractivity contribution in [2.45, 2.75) is 24.8 Å². The molecule has 1 saturated carbocycles. The van der Waals surface area contributed by atoms with Crippen LogP contribution in [0.1, 0.15) is 24.8 Å². The van der Waals surface area contributed by atoms with Crippen LogP contribution >= 0.6 is 11.6 Å². The maximum Gasteiger partial charge on any atom is 0.170 e. The number of hydrogen-bond donors (Lipinski definition) is 2. The molecule has 1 aromatic rings. The van der Waals surface area contributed by atoms with Crippen molar-refractivity contribution < 1.29 is 14.6 Å². The molecule has 0 spiro atoms. The standard InChI is InChI=1S/C12H14ClNO3/c13-7-6-8-11(17-5-4-16-8)9(10(7)15)12(14)2-1-3-12/h6,15H,1-5,14H2. The summed E-state index contributed by atoms with van der Waals surface area (Å²) in [5, 5.41) is 10.4. The summed E-state index contributed by atoms with van der Waals surface area (Å²) < 4.78 is 11.1. The van der Waals surface area contributed by atoms with Gasteiger partial charge in [0.25, 0.3) is 0 Å². The van der Waals surface area contributed by atoms with Crippen molar-refractivity contribution in [1.82, 2.24) is 0 Å². The zero-order valence-corrected chi connectivity index (χ0v) is 10.1. The van der Waals surface area contributed by atoms with Gasteiger partial charge >= 0.3 is 0 Å². The highest BCUT2D eigenvalue weighted by atomic mass is 35.5. The van der Waals surface area contributed by atoms with Crippen molar-refractivity contribution in [1.29, 1.82) is 0 Å². The first-order valence-electron chi connectivity index (χ1n) is 5.72. The molecule has 1 aromatic carbocycles. The quantitative estimate of drug-likeness (QED) is 0.807. The van der Waals surface area contributed by atoms with Gasteiger partial charge < -0.3 is 20.3 Å². The first-order valence-corrected chi connectivity index (χ1v) is 6.10. The zero-order valence-electron chi connectivity index (χ0n) is 9.33. The van der Waals surface area contributed by atoms with Gasteiger partial charge in [-0.1, -0.05) is 11.6 Å². The normalized spacial score (nSPS) is 20.8. The molecule has 1 heterocycles. The third-order valence-electron chi connectivity index (χ3n) is 3.50. The van der Waals surface area contributed by atoms with E-state index in [4.69, 9.17) is 26.8 Å². The van der Waals surface area contributed by atoms with Gasteiger partial charge in [0.05, 0.1) is 10.6 Å². The van der Waals surface area contributed by atoms with Gasteiger partial charge in [-0.05, 0) is 19.3 Å². The molecule has 0 unspecified atom stereocenters. The van der Waals surface area contributed by atoms with Crippen LogP contribution in [0.15, 0.2) is 6.07 Å². The molecule has 1 aliphatic heterocycles. The number of aromatic hydroxyl groups is 1. The number of halogens is 1. The first kappa shape index (κ1) is 11.0. The molecule has 5 heteroatoms. The summed E-state index contributed by atoms with van der Waals surface area (Å²) in [5.41, 5.74) is 6.34. The Bertz CT molecular complexity index is 471. The summed E-state index contributed by atoms with van der Waals surface area (Å²) in [6.45, 7) is 0.961. The maximum absolute atomic E-state index is 10.1. The molecular formula is C12H14ClNO3. The van der Waals surface area contributed by atoms with E-state index in [1.807, 2.05) is 0 Å². The minimum atomic E-state index is -0.528. The van der Waals surface area contributed by atoms with Gasteiger partial charge in [0, 0.05) is 11.6 Å². The second kappa shape index (κ2) is 3.68. The number of phenols is 1. The van der Waals surface area contributed by atoms with Crippen molar-refractivity contribution in [3.8, 4) is 17.2 Å². The van der Waals surface area contributed by atoms with Gasteiger partial charge in [0.2, 0.25) is 0 Å². The number of ether oxygens (including phenoxy) is 2. The fourth-order valence-corrected chi connectivity index (χ4v) is 2.61. The third kappa shape index (κ3) is 1.55. The van der Waals surface area contributed by atoms with Crippen LogP contribution in [0.4, 0.5) is 0 Å². The molecule has 0 aromatic heterocycles. The van der Waals surface area contributed by atoms with Gasteiger partial charge in [-0.15, -0.1) is 0 Å². The topological polar surface area (TPSA) is 64.7 Å². The molecule has 3 rings (SSSR count). The van der Waals surface area contributed by atoms with Gasteiger partial charge in [-0.2, -0.15) is 0 Å². The lowest BCUT2D eigenvalue weighted by molar-refractivity contribution is 0.157. The van der Waals surface area contributed by atoms with Crippen molar-refractivity contribution in [3.05, 3.63) is 16.7 Å². The smallest absolute Gasteiger partial charge is 0.170 e. The van der Waals surface area contributed by atoms with Crippen LogP contribution < -0.4 is 15.2 Å². The molecule has 17 heavy (non-hydrogen) atoms. The Hall–Kier alpha value is -1.13. The molecule has 0 bridgehead atoms. The Morgan fingerprint density at radius 3 is 2.65 bits per heavy atom. The highest BCUT2D eigenvalue weighted by Gasteiger charge is 2.41. The summed E-state index contributed by atoms with van der Waals surface area (Å²) in [5.74, 6) is 1.16. The molecule has 0 amide bonds. The minimum absolute atomic E-state index is 0.0260. The molecule has 2 aliphatic rings. The number of benzene rings is 1. The fourth-order valence-electron chi connectivity index (χ4n) is 2.41. The average molecular weight is 256 g/mol. The molecule has 0 atom stereocenters. The number of rotatable bonds is 1. The largest absolute Gasteiger partial charge is 0.506 e. The Morgan fingerprint density at radius 2 is 2.00 bits per heavy atom. The number of nitrogens with two attached hydrogens (primary N) is 1. The molecule has 1 aliphatic carbocycles. The van der Waals surface area contributed by atoms with E-state index in [0.29, 0.717) is 30.3 Å². The van der Waals surface area contributed by atoms with E-state index >= 15 is 0 Å². The van der Waals surface area contributed by atoms with Crippen LogP contribution in [0.5, 0.6) is 17.2 Å². The predicted octanol–water partition coefficient (Wildman–Crippen LogP) is 2.15. The summed E-state index contributed by atoms with van der Waals surface area (Å²) in [6, 6.07) is 1.58. The van der Waals surface area contributed by atoms with Crippen molar-refractivity contribution >= 4 is 11.6 Å². The summed E-state index contributed by atoms with van der Waals surface area (Å²) in [6.07, 6.45) is 2.71. The SMILES string of the molecule is NC1(c2c(O)c(Cl)cc3c2OCCO3)CCC1. The monoisotopic (exact) mass is 255 g/mol. The van der Waals surface area contributed by atoms with Gasteiger partial charge in [-0.3, -0.25) is 0 Å². The highest BCUT2D eigenvalue weighted by molar-refractivity contribution is 6.32. The highest BCUT2D eigenvalue weighted by Crippen LogP contribution is 2.53. The Balaban J connectivity index is 2.20. The van der Waals surface area contributed by atoms with E-state index in [1.165, 1.54) is 0 Å². The van der Waals surface area contributed by atoms with Gasteiger partial charge in [0.1, 0.15) is 19.0 Å². The van der Waals surface area contributed by atoms with E-state index in [1.54, 1.807) is 6.07 Å². The summed E-state index contributed by atoms with van der Waals surface area (Å²) in [4.78, 5) is 0. The van der Waals surface area contributed by atoms with Crippen molar-refractivity contribution in [2.75, 3.05) is 13.2 Å². The number of hydrogen-bond acceptors (Lipinski definition) is 4. The minimum Gasteiger partial charge on any atom is -0.506 e. The molecule has 0 radical (unpaired) electrons. The molecule has 1 fully saturated rings. The van der Waals surface area contributed by atoms with Crippen LogP contribution in [0, 0.1) is 0 Å². The van der Waals surface area contributed by atoms with Crippen LogP contribution in [0.3, 0.4) is 0 Å². The van der Waals surface area contributed by atoms with E-state index in [0.717, 1.165) is 19.3 Å². The van der Waals surface area contributed by atoms with E-state index in [9.17, 15) is 5.11 Å². The second-order valence-electron chi connectivity index (χ2n) is 4.62. The second-order valence-corrected chi connectivity index (χ2v) is 5.02. The molecule has 4 nitrogen and oxygen atoms in total. The van der Waals surface area contributed by atoms with Gasteiger partial charge in [0.15, 0.2) is 11.5 Å². The Morgan fingerprint density at radius 1 is 1.29 bits per heavy atom. The van der Waals surface area contributed by atoms with E-state index < -0.39 is 5.54 Å². The Labute approximate surface area is 104 Å². The fraction of sp³-hybridized carbons (Fsp3) is 0.500. The molecule has 3 N–H and O–H groups in total. The lowest BCUT2D eigenvalue weighted by atomic mass is 9.72. The predicted molar refractivity (Wildman–Crippen MR) is 63.8 cm³/mol. The maximum atomic E-state index is 10.1. The summed E-state index contributed by atoms with van der Waals surface area (Å²) in [7, 11) is 0. The van der Waals surface area contributed by atoms with Crippen LogP contribution in [-0.2, 0) is 5.54 Å².